The maximum absolute atomic E-state index is 13.8. The van der Waals surface area contributed by atoms with E-state index in [-0.39, 0.29) is 24.2 Å². The van der Waals surface area contributed by atoms with E-state index in [0.717, 1.165) is 42.7 Å². The molecule has 4 aromatic rings. The van der Waals surface area contributed by atoms with Crippen LogP contribution in [0.4, 0.5) is 10.1 Å². The molecular formula is C26H24FN3OS. The van der Waals surface area contributed by atoms with Crippen LogP contribution in [0.3, 0.4) is 0 Å². The fourth-order valence-corrected chi connectivity index (χ4v) is 5.16. The fourth-order valence-electron chi connectivity index (χ4n) is 4.28. The minimum atomic E-state index is -0.283. The third-order valence-electron chi connectivity index (χ3n) is 6.08. The van der Waals surface area contributed by atoms with Crippen molar-refractivity contribution >= 4 is 33.1 Å². The summed E-state index contributed by atoms with van der Waals surface area (Å²) in [6, 6.07) is 21.0. The molecule has 2 aromatic heterocycles. The number of carbonyl (C=O) groups is 1. The largest absolute Gasteiger partial charge is 0.370 e. The SMILES string of the molecule is O=C(NCc1ccccc1F)C1CCN(c2cc(-c3ccccc3)nc3ccsc23)CC1. The fraction of sp³-hybridized carbons (Fsp3) is 0.231. The summed E-state index contributed by atoms with van der Waals surface area (Å²) >= 11 is 1.71. The molecule has 6 heteroatoms. The molecule has 2 aromatic carbocycles. The molecule has 1 aliphatic heterocycles. The Morgan fingerprint density at radius 1 is 1.06 bits per heavy atom. The van der Waals surface area contributed by atoms with Crippen LogP contribution in [0, 0.1) is 11.7 Å². The number of benzene rings is 2. The van der Waals surface area contributed by atoms with Gasteiger partial charge in [0.25, 0.3) is 0 Å². The summed E-state index contributed by atoms with van der Waals surface area (Å²) in [6.07, 6.45) is 1.55. The van der Waals surface area contributed by atoms with Crippen LogP contribution >= 0.6 is 11.3 Å². The van der Waals surface area contributed by atoms with E-state index in [9.17, 15) is 9.18 Å². The molecule has 0 aliphatic carbocycles. The quantitative estimate of drug-likeness (QED) is 0.433. The Kier molecular flexibility index (Phi) is 5.86. The third-order valence-corrected chi connectivity index (χ3v) is 7.00. The van der Waals surface area contributed by atoms with Crippen molar-refractivity contribution in [1.29, 1.82) is 0 Å². The molecule has 0 atom stereocenters. The first-order chi connectivity index (χ1) is 15.7. The van der Waals surface area contributed by atoms with Crippen molar-refractivity contribution in [2.45, 2.75) is 19.4 Å². The minimum absolute atomic E-state index is 0.00822. The Balaban J connectivity index is 1.28. The average Bonchev–Trinajstić information content (AvgIpc) is 3.32. The third kappa shape index (κ3) is 4.23. The summed E-state index contributed by atoms with van der Waals surface area (Å²) < 4.78 is 15.0. The Bertz CT molecular complexity index is 1230. The zero-order valence-electron chi connectivity index (χ0n) is 17.6. The second-order valence-electron chi connectivity index (χ2n) is 8.10. The van der Waals surface area contributed by atoms with Gasteiger partial charge in [-0.25, -0.2) is 9.37 Å². The predicted octanol–water partition coefficient (Wildman–Crippen LogP) is 5.64. The molecule has 1 aliphatic rings. The van der Waals surface area contributed by atoms with Crippen LogP contribution in [0.15, 0.2) is 72.1 Å². The predicted molar refractivity (Wildman–Crippen MR) is 128 cm³/mol. The minimum Gasteiger partial charge on any atom is -0.370 e. The molecule has 0 unspecified atom stereocenters. The molecule has 0 bridgehead atoms. The van der Waals surface area contributed by atoms with Crippen molar-refractivity contribution in [3.05, 3.63) is 83.5 Å². The number of fused-ring (bicyclic) bond motifs is 1. The first kappa shape index (κ1) is 20.6. The van der Waals surface area contributed by atoms with Gasteiger partial charge in [-0.1, -0.05) is 48.5 Å². The van der Waals surface area contributed by atoms with Crippen LogP contribution in [0.5, 0.6) is 0 Å². The normalized spacial score (nSPS) is 14.6. The molecule has 4 nitrogen and oxygen atoms in total. The van der Waals surface area contributed by atoms with Gasteiger partial charge in [-0.2, -0.15) is 0 Å². The Morgan fingerprint density at radius 3 is 2.59 bits per heavy atom. The molecule has 32 heavy (non-hydrogen) atoms. The number of hydrogen-bond acceptors (Lipinski definition) is 4. The van der Waals surface area contributed by atoms with Crippen LogP contribution in [-0.4, -0.2) is 24.0 Å². The Morgan fingerprint density at radius 2 is 1.81 bits per heavy atom. The van der Waals surface area contributed by atoms with Gasteiger partial charge in [-0.15, -0.1) is 11.3 Å². The molecule has 1 fully saturated rings. The lowest BCUT2D eigenvalue weighted by Gasteiger charge is -2.33. The number of rotatable bonds is 5. The number of piperidine rings is 1. The highest BCUT2D eigenvalue weighted by molar-refractivity contribution is 7.17. The second-order valence-corrected chi connectivity index (χ2v) is 9.01. The van der Waals surface area contributed by atoms with Crippen molar-refractivity contribution in [1.82, 2.24) is 10.3 Å². The van der Waals surface area contributed by atoms with Gasteiger partial charge < -0.3 is 10.2 Å². The number of halogens is 1. The second kappa shape index (κ2) is 9.09. The van der Waals surface area contributed by atoms with E-state index in [2.05, 4.69) is 39.9 Å². The lowest BCUT2D eigenvalue weighted by molar-refractivity contribution is -0.125. The maximum atomic E-state index is 13.8. The van der Waals surface area contributed by atoms with Gasteiger partial charge in [0.05, 0.1) is 21.6 Å². The molecule has 0 saturated carbocycles. The molecule has 1 N–H and O–H groups in total. The zero-order valence-corrected chi connectivity index (χ0v) is 18.4. The van der Waals surface area contributed by atoms with Crippen molar-refractivity contribution in [3.8, 4) is 11.3 Å². The van der Waals surface area contributed by atoms with E-state index in [1.807, 2.05) is 18.2 Å². The van der Waals surface area contributed by atoms with Gasteiger partial charge in [0.15, 0.2) is 0 Å². The molecule has 5 rings (SSSR count). The van der Waals surface area contributed by atoms with E-state index in [4.69, 9.17) is 4.98 Å². The van der Waals surface area contributed by atoms with E-state index >= 15 is 0 Å². The van der Waals surface area contributed by atoms with Crippen LogP contribution < -0.4 is 10.2 Å². The number of hydrogen-bond donors (Lipinski definition) is 1. The number of carbonyl (C=O) groups excluding carboxylic acids is 1. The van der Waals surface area contributed by atoms with Gasteiger partial charge in [-0.3, -0.25) is 4.79 Å². The summed E-state index contributed by atoms with van der Waals surface area (Å²) in [5, 5.41) is 5.00. The summed E-state index contributed by atoms with van der Waals surface area (Å²) in [4.78, 5) is 19.9. The monoisotopic (exact) mass is 445 g/mol. The Labute approximate surface area is 190 Å². The van der Waals surface area contributed by atoms with Crippen molar-refractivity contribution in [2.75, 3.05) is 18.0 Å². The first-order valence-corrected chi connectivity index (χ1v) is 11.8. The summed E-state index contributed by atoms with van der Waals surface area (Å²) in [7, 11) is 0. The number of amides is 1. The number of anilines is 1. The van der Waals surface area contributed by atoms with Gasteiger partial charge in [0.2, 0.25) is 5.91 Å². The molecule has 162 valence electrons. The summed E-state index contributed by atoms with van der Waals surface area (Å²) in [5.74, 6) is -0.323. The van der Waals surface area contributed by atoms with Gasteiger partial charge in [0.1, 0.15) is 5.82 Å². The van der Waals surface area contributed by atoms with Crippen molar-refractivity contribution in [3.63, 3.8) is 0 Å². The Hall–Kier alpha value is -3.25. The smallest absolute Gasteiger partial charge is 0.223 e. The lowest BCUT2D eigenvalue weighted by atomic mass is 9.95. The van der Waals surface area contributed by atoms with Crippen LogP contribution in [0.2, 0.25) is 0 Å². The van der Waals surface area contributed by atoms with Crippen LogP contribution in [0.25, 0.3) is 21.5 Å². The standard InChI is InChI=1S/C26H24FN3OS/c27-21-9-5-4-8-20(21)17-28-26(31)19-10-13-30(14-11-19)24-16-23(18-6-2-1-3-7-18)29-22-12-15-32-25(22)24/h1-9,12,15-16,19H,10-11,13-14,17H2,(H,28,31). The lowest BCUT2D eigenvalue weighted by Crippen LogP contribution is -2.40. The van der Waals surface area contributed by atoms with Gasteiger partial charge in [0, 0.05) is 36.7 Å². The highest BCUT2D eigenvalue weighted by Crippen LogP contribution is 2.36. The first-order valence-electron chi connectivity index (χ1n) is 10.9. The van der Waals surface area contributed by atoms with E-state index in [0.29, 0.717) is 5.56 Å². The zero-order chi connectivity index (χ0) is 21.9. The average molecular weight is 446 g/mol. The molecule has 3 heterocycles. The van der Waals surface area contributed by atoms with E-state index in [1.165, 1.54) is 16.5 Å². The van der Waals surface area contributed by atoms with Crippen LogP contribution in [0.1, 0.15) is 18.4 Å². The number of aromatic nitrogens is 1. The number of nitrogens with zero attached hydrogens (tertiary/aromatic N) is 2. The van der Waals surface area contributed by atoms with Gasteiger partial charge >= 0.3 is 0 Å². The number of nitrogens with one attached hydrogen (secondary N) is 1. The number of thiophene rings is 1. The molecule has 0 radical (unpaired) electrons. The molecule has 0 spiro atoms. The maximum Gasteiger partial charge on any atom is 0.223 e. The van der Waals surface area contributed by atoms with E-state index in [1.54, 1.807) is 29.5 Å². The molecular weight excluding hydrogens is 421 g/mol. The highest BCUT2D eigenvalue weighted by Gasteiger charge is 2.26. The van der Waals surface area contributed by atoms with Crippen LogP contribution in [-0.2, 0) is 11.3 Å². The van der Waals surface area contributed by atoms with Gasteiger partial charge in [-0.05, 0) is 36.4 Å². The van der Waals surface area contributed by atoms with Crippen molar-refractivity contribution in [2.24, 2.45) is 5.92 Å². The highest BCUT2D eigenvalue weighted by atomic mass is 32.1. The summed E-state index contributed by atoms with van der Waals surface area (Å²) in [5.41, 5.74) is 4.79. The molecule has 1 saturated heterocycles. The number of pyridine rings is 1. The van der Waals surface area contributed by atoms with E-state index < -0.39 is 0 Å². The summed E-state index contributed by atoms with van der Waals surface area (Å²) in [6.45, 7) is 1.85. The topological polar surface area (TPSA) is 45.2 Å². The molecule has 1 amide bonds. The van der Waals surface area contributed by atoms with Crippen molar-refractivity contribution < 1.29 is 9.18 Å².